The molecule has 1 N–H and O–H groups in total. The number of nitrogens with one attached hydrogen (secondary N) is 1. The van der Waals surface area contributed by atoms with Gasteiger partial charge in [0.2, 0.25) is 0 Å². The van der Waals surface area contributed by atoms with Crippen LogP contribution in [0.1, 0.15) is 5.56 Å². The van der Waals surface area contributed by atoms with Crippen LogP contribution < -0.4 is 29.7 Å². The maximum atomic E-state index is 5.53. The van der Waals surface area contributed by atoms with Crippen LogP contribution >= 0.6 is 0 Å². The van der Waals surface area contributed by atoms with Crippen molar-refractivity contribution in [3.05, 3.63) is 29.8 Å². The molecule has 2 nitrogen and oxygen atoms in total. The van der Waals surface area contributed by atoms with Gasteiger partial charge >= 0.3 is 76.5 Å². The fourth-order valence-corrected chi connectivity index (χ4v) is 2.43. The van der Waals surface area contributed by atoms with E-state index in [4.69, 9.17) is 4.74 Å². The molecule has 0 saturated heterocycles. The Bertz CT molecular complexity index is 227. The molecule has 0 bridgehead atoms. The second-order valence-corrected chi connectivity index (χ2v) is 4.45. The standard InChI is InChI=1S/C8H9INO/c1-2-4-8-7(3-1)5-10-9-6-11-8/h1-4,10H,5-6H2/q-1. The van der Waals surface area contributed by atoms with Crippen molar-refractivity contribution >= 4 is 0 Å². The molecule has 0 spiro atoms. The van der Waals surface area contributed by atoms with Crippen LogP contribution in [0.4, 0.5) is 0 Å². The zero-order valence-electron chi connectivity index (χ0n) is 6.01. The monoisotopic (exact) mass is 262 g/mol. The number of ether oxygens (including phenoxy) is 1. The summed E-state index contributed by atoms with van der Waals surface area (Å²) >= 11 is 0.0667. The first-order chi connectivity index (χ1) is 5.47. The predicted molar refractivity (Wildman–Crippen MR) is 38.8 cm³/mol. The zero-order valence-corrected chi connectivity index (χ0v) is 8.17. The van der Waals surface area contributed by atoms with E-state index in [-0.39, 0.29) is 21.5 Å². The molecular weight excluding hydrogens is 253 g/mol. The zero-order chi connectivity index (χ0) is 7.52. The Morgan fingerprint density at radius 3 is 3.27 bits per heavy atom. The topological polar surface area (TPSA) is 21.3 Å². The SMILES string of the molecule is c1ccc2c(c1)CN[I-]CO2. The minimum absolute atomic E-state index is 0.0667. The van der Waals surface area contributed by atoms with Crippen molar-refractivity contribution in [2.45, 2.75) is 6.54 Å². The van der Waals surface area contributed by atoms with E-state index in [1.807, 2.05) is 18.2 Å². The Labute approximate surface area is 76.6 Å². The summed E-state index contributed by atoms with van der Waals surface area (Å²) in [4.78, 5) is 0. The molecule has 0 fully saturated rings. The van der Waals surface area contributed by atoms with Crippen LogP contribution in [0.3, 0.4) is 0 Å². The predicted octanol–water partition coefficient (Wildman–Crippen LogP) is -1.87. The minimum atomic E-state index is 0.0667. The first-order valence-electron chi connectivity index (χ1n) is 3.48. The van der Waals surface area contributed by atoms with Crippen LogP contribution in [0.25, 0.3) is 0 Å². The van der Waals surface area contributed by atoms with E-state index in [0.717, 1.165) is 16.9 Å². The molecule has 0 aliphatic carbocycles. The fraction of sp³-hybridized carbons (Fsp3) is 0.250. The molecule has 0 atom stereocenters. The third kappa shape index (κ3) is 1.65. The Kier molecular flexibility index (Phi) is 2.28. The molecule has 1 aromatic carbocycles. The molecule has 0 aromatic heterocycles. The number of rotatable bonds is 0. The summed E-state index contributed by atoms with van der Waals surface area (Å²) in [7, 11) is 0. The Hall–Kier alpha value is -0.290. The van der Waals surface area contributed by atoms with Gasteiger partial charge in [0.25, 0.3) is 0 Å². The molecule has 0 radical (unpaired) electrons. The summed E-state index contributed by atoms with van der Waals surface area (Å²) in [6.07, 6.45) is 0. The molecule has 1 heterocycles. The molecule has 11 heavy (non-hydrogen) atoms. The maximum absolute atomic E-state index is 5.53. The average Bonchev–Trinajstić information content (AvgIpc) is 2.28. The van der Waals surface area contributed by atoms with E-state index >= 15 is 0 Å². The van der Waals surface area contributed by atoms with Crippen molar-refractivity contribution in [1.29, 1.82) is 0 Å². The van der Waals surface area contributed by atoms with Crippen LogP contribution in [0.2, 0.25) is 0 Å². The molecule has 3 heteroatoms. The van der Waals surface area contributed by atoms with Crippen LogP contribution in [-0.2, 0) is 6.54 Å². The molecule has 0 saturated carbocycles. The second kappa shape index (κ2) is 3.40. The summed E-state index contributed by atoms with van der Waals surface area (Å²) in [6.45, 7) is 0.976. The van der Waals surface area contributed by atoms with Gasteiger partial charge in [0.1, 0.15) is 0 Å². The van der Waals surface area contributed by atoms with E-state index in [1.165, 1.54) is 5.56 Å². The van der Waals surface area contributed by atoms with Gasteiger partial charge in [0.15, 0.2) is 0 Å². The van der Waals surface area contributed by atoms with E-state index in [1.54, 1.807) is 0 Å². The van der Waals surface area contributed by atoms with Crippen molar-refractivity contribution in [2.75, 3.05) is 4.61 Å². The van der Waals surface area contributed by atoms with Gasteiger partial charge in [-0.15, -0.1) is 0 Å². The van der Waals surface area contributed by atoms with Crippen LogP contribution in [-0.4, -0.2) is 4.61 Å². The number of para-hydroxylation sites is 1. The molecule has 0 unspecified atom stereocenters. The van der Waals surface area contributed by atoms with Gasteiger partial charge in [-0.25, -0.2) is 0 Å². The quantitative estimate of drug-likeness (QED) is 0.336. The number of fused-ring (bicyclic) bond motifs is 1. The average molecular weight is 262 g/mol. The molecular formula is C8H9INO-. The normalized spacial score (nSPS) is 17.1. The van der Waals surface area contributed by atoms with Gasteiger partial charge < -0.3 is 0 Å². The van der Waals surface area contributed by atoms with Crippen LogP contribution in [0, 0.1) is 0 Å². The molecule has 2 rings (SSSR count). The number of hydrogen-bond donors (Lipinski definition) is 1. The molecule has 1 aromatic rings. The van der Waals surface area contributed by atoms with Crippen molar-refractivity contribution in [3.63, 3.8) is 0 Å². The van der Waals surface area contributed by atoms with Gasteiger partial charge in [-0.05, 0) is 0 Å². The molecule has 60 valence electrons. The molecule has 1 aliphatic rings. The van der Waals surface area contributed by atoms with E-state index in [2.05, 4.69) is 9.60 Å². The van der Waals surface area contributed by atoms with Crippen LogP contribution in [0.5, 0.6) is 5.75 Å². The summed E-state index contributed by atoms with van der Waals surface area (Å²) in [6, 6.07) is 8.21. The van der Waals surface area contributed by atoms with E-state index in [0.29, 0.717) is 0 Å². The summed E-state index contributed by atoms with van der Waals surface area (Å²) < 4.78 is 9.81. The summed E-state index contributed by atoms with van der Waals surface area (Å²) in [5.74, 6) is 1.05. The van der Waals surface area contributed by atoms with Gasteiger partial charge in [-0.3, -0.25) is 0 Å². The number of hydrogen-bond acceptors (Lipinski definition) is 2. The summed E-state index contributed by atoms with van der Waals surface area (Å²) in [5.41, 5.74) is 1.28. The number of halogens is 1. The fourth-order valence-electron chi connectivity index (χ4n) is 1.03. The van der Waals surface area contributed by atoms with Crippen molar-refractivity contribution in [3.8, 4) is 5.75 Å². The second-order valence-electron chi connectivity index (χ2n) is 2.31. The van der Waals surface area contributed by atoms with Gasteiger partial charge in [-0.1, -0.05) is 0 Å². The van der Waals surface area contributed by atoms with Crippen molar-refractivity contribution in [2.24, 2.45) is 0 Å². The third-order valence-corrected chi connectivity index (χ3v) is 3.13. The van der Waals surface area contributed by atoms with Crippen molar-refractivity contribution < 1.29 is 26.2 Å². The Morgan fingerprint density at radius 2 is 2.27 bits per heavy atom. The van der Waals surface area contributed by atoms with Crippen molar-refractivity contribution in [1.82, 2.24) is 3.53 Å². The number of benzene rings is 1. The number of alkyl halides is 1. The van der Waals surface area contributed by atoms with Gasteiger partial charge in [-0.2, -0.15) is 0 Å². The molecule has 1 aliphatic heterocycles. The van der Waals surface area contributed by atoms with E-state index < -0.39 is 0 Å². The third-order valence-electron chi connectivity index (χ3n) is 1.59. The molecule has 0 amide bonds. The first-order valence-corrected chi connectivity index (χ1v) is 6.09. The Morgan fingerprint density at radius 1 is 1.36 bits per heavy atom. The van der Waals surface area contributed by atoms with Gasteiger partial charge in [0, 0.05) is 0 Å². The first kappa shape index (κ1) is 7.36. The summed E-state index contributed by atoms with van der Waals surface area (Å²) in [5, 5.41) is 0. The van der Waals surface area contributed by atoms with Gasteiger partial charge in [0.05, 0.1) is 0 Å². The Balaban J connectivity index is 2.33. The van der Waals surface area contributed by atoms with Crippen LogP contribution in [0.15, 0.2) is 24.3 Å². The van der Waals surface area contributed by atoms with E-state index in [9.17, 15) is 0 Å².